The topological polar surface area (TPSA) is 61.0 Å². The molecular formula is C14H16ClN3O2. The van der Waals surface area contributed by atoms with E-state index in [-0.39, 0.29) is 16.8 Å². The van der Waals surface area contributed by atoms with E-state index in [0.29, 0.717) is 5.69 Å². The maximum atomic E-state index is 11.2. The molecule has 0 amide bonds. The fourth-order valence-corrected chi connectivity index (χ4v) is 2.36. The predicted octanol–water partition coefficient (Wildman–Crippen LogP) is 4.17. The monoisotopic (exact) mass is 293 g/mol. The molecule has 0 aliphatic carbocycles. The van der Waals surface area contributed by atoms with Crippen LogP contribution < -0.4 is 0 Å². The maximum Gasteiger partial charge on any atom is 0.329 e. The van der Waals surface area contributed by atoms with Gasteiger partial charge in [0, 0.05) is 5.92 Å². The molecule has 1 aromatic heterocycles. The second-order valence-electron chi connectivity index (χ2n) is 5.14. The Morgan fingerprint density at radius 1 is 1.35 bits per heavy atom. The van der Waals surface area contributed by atoms with Crippen LogP contribution in [0.1, 0.15) is 36.6 Å². The van der Waals surface area contributed by atoms with Gasteiger partial charge >= 0.3 is 5.69 Å². The number of nitro groups is 1. The Morgan fingerprint density at radius 2 is 2.00 bits per heavy atom. The molecule has 20 heavy (non-hydrogen) atoms. The second kappa shape index (κ2) is 5.25. The number of halogens is 1. The number of benzene rings is 1. The van der Waals surface area contributed by atoms with Gasteiger partial charge in [0.25, 0.3) is 0 Å². The SMILES string of the molecule is Cc1ccc(C)c(-n2nc(C(C)C)c([N+](=O)[O-])c2Cl)c1. The first kappa shape index (κ1) is 14.5. The van der Waals surface area contributed by atoms with E-state index in [1.807, 2.05) is 45.9 Å². The van der Waals surface area contributed by atoms with Crippen molar-refractivity contribution in [3.05, 3.63) is 50.3 Å². The molecule has 0 atom stereocenters. The summed E-state index contributed by atoms with van der Waals surface area (Å²) < 4.78 is 1.46. The van der Waals surface area contributed by atoms with Crippen molar-refractivity contribution in [2.45, 2.75) is 33.6 Å². The highest BCUT2D eigenvalue weighted by atomic mass is 35.5. The van der Waals surface area contributed by atoms with Crippen molar-refractivity contribution in [3.63, 3.8) is 0 Å². The molecule has 0 aliphatic rings. The molecule has 5 nitrogen and oxygen atoms in total. The van der Waals surface area contributed by atoms with Crippen LogP contribution in [-0.4, -0.2) is 14.7 Å². The van der Waals surface area contributed by atoms with E-state index in [9.17, 15) is 10.1 Å². The Labute approximate surface area is 122 Å². The van der Waals surface area contributed by atoms with Gasteiger partial charge in [0.05, 0.1) is 10.6 Å². The first-order valence-electron chi connectivity index (χ1n) is 6.33. The van der Waals surface area contributed by atoms with Crippen LogP contribution in [0.25, 0.3) is 5.69 Å². The quantitative estimate of drug-likeness (QED) is 0.630. The van der Waals surface area contributed by atoms with Crippen molar-refractivity contribution in [1.82, 2.24) is 9.78 Å². The van der Waals surface area contributed by atoms with Crippen molar-refractivity contribution in [3.8, 4) is 5.69 Å². The minimum atomic E-state index is -0.466. The summed E-state index contributed by atoms with van der Waals surface area (Å²) in [5.74, 6) is -0.0701. The van der Waals surface area contributed by atoms with Gasteiger partial charge in [0.2, 0.25) is 5.15 Å². The van der Waals surface area contributed by atoms with Crippen molar-refractivity contribution in [1.29, 1.82) is 0 Å². The minimum Gasteiger partial charge on any atom is -0.258 e. The first-order chi connectivity index (χ1) is 9.32. The molecule has 0 radical (unpaired) electrons. The maximum absolute atomic E-state index is 11.2. The number of hydrogen-bond donors (Lipinski definition) is 0. The molecule has 0 unspecified atom stereocenters. The lowest BCUT2D eigenvalue weighted by molar-refractivity contribution is -0.385. The molecule has 106 valence electrons. The van der Waals surface area contributed by atoms with Gasteiger partial charge in [-0.1, -0.05) is 37.6 Å². The Bertz CT molecular complexity index is 677. The average molecular weight is 294 g/mol. The molecule has 0 saturated carbocycles. The Kier molecular flexibility index (Phi) is 3.81. The lowest BCUT2D eigenvalue weighted by Gasteiger charge is -2.07. The first-order valence-corrected chi connectivity index (χ1v) is 6.71. The minimum absolute atomic E-state index is 0.0485. The van der Waals surface area contributed by atoms with Gasteiger partial charge in [-0.3, -0.25) is 10.1 Å². The van der Waals surface area contributed by atoms with Crippen molar-refractivity contribution in [2.24, 2.45) is 0 Å². The third-order valence-corrected chi connectivity index (χ3v) is 3.49. The van der Waals surface area contributed by atoms with E-state index in [1.54, 1.807) is 0 Å². The summed E-state index contributed by atoms with van der Waals surface area (Å²) in [7, 11) is 0. The van der Waals surface area contributed by atoms with Crippen LogP contribution in [-0.2, 0) is 0 Å². The molecule has 0 N–H and O–H groups in total. The Morgan fingerprint density at radius 3 is 2.50 bits per heavy atom. The van der Waals surface area contributed by atoms with Crippen LogP contribution >= 0.6 is 11.6 Å². The molecule has 0 bridgehead atoms. The molecule has 2 rings (SSSR count). The van der Waals surface area contributed by atoms with E-state index >= 15 is 0 Å². The van der Waals surface area contributed by atoms with Crippen molar-refractivity contribution < 1.29 is 4.92 Å². The summed E-state index contributed by atoms with van der Waals surface area (Å²) in [6.45, 7) is 7.60. The van der Waals surface area contributed by atoms with Gasteiger partial charge < -0.3 is 0 Å². The Balaban J connectivity index is 2.73. The molecule has 2 aromatic rings. The van der Waals surface area contributed by atoms with Gasteiger partial charge in [-0.2, -0.15) is 5.10 Å². The second-order valence-corrected chi connectivity index (χ2v) is 5.50. The number of aryl methyl sites for hydroxylation is 2. The summed E-state index contributed by atoms with van der Waals surface area (Å²) in [5, 5.41) is 15.6. The molecular weight excluding hydrogens is 278 g/mol. The average Bonchev–Trinajstić information content (AvgIpc) is 2.70. The summed E-state index contributed by atoms with van der Waals surface area (Å²) in [5.41, 5.74) is 3.07. The third-order valence-electron chi connectivity index (χ3n) is 3.15. The summed E-state index contributed by atoms with van der Waals surface area (Å²) in [4.78, 5) is 10.7. The van der Waals surface area contributed by atoms with E-state index < -0.39 is 4.92 Å². The van der Waals surface area contributed by atoms with Gasteiger partial charge in [-0.15, -0.1) is 0 Å². The number of nitrogens with zero attached hydrogens (tertiary/aromatic N) is 3. The molecule has 0 spiro atoms. The van der Waals surface area contributed by atoms with Gasteiger partial charge in [-0.25, -0.2) is 4.68 Å². The largest absolute Gasteiger partial charge is 0.329 e. The highest BCUT2D eigenvalue weighted by molar-refractivity contribution is 6.32. The van der Waals surface area contributed by atoms with Gasteiger partial charge in [-0.05, 0) is 31.0 Å². The predicted molar refractivity (Wildman–Crippen MR) is 78.8 cm³/mol. The van der Waals surface area contributed by atoms with Crippen LogP contribution in [0.3, 0.4) is 0 Å². The summed E-state index contributed by atoms with van der Waals surface area (Å²) in [6.07, 6.45) is 0. The summed E-state index contributed by atoms with van der Waals surface area (Å²) >= 11 is 6.19. The van der Waals surface area contributed by atoms with E-state index in [1.165, 1.54) is 4.68 Å². The van der Waals surface area contributed by atoms with Crippen LogP contribution in [0.2, 0.25) is 5.15 Å². The standard InChI is InChI=1S/C14H16ClN3O2/c1-8(2)12-13(18(19)20)14(15)17(16-12)11-7-9(3)5-6-10(11)4/h5-8H,1-4H3. The lowest BCUT2D eigenvalue weighted by Crippen LogP contribution is -2.01. The zero-order valence-electron chi connectivity index (χ0n) is 11.8. The van der Waals surface area contributed by atoms with Gasteiger partial charge in [0.15, 0.2) is 0 Å². The normalized spacial score (nSPS) is 11.1. The Hall–Kier alpha value is -1.88. The fraction of sp³-hybridized carbons (Fsp3) is 0.357. The van der Waals surface area contributed by atoms with Crippen molar-refractivity contribution >= 4 is 17.3 Å². The molecule has 0 fully saturated rings. The smallest absolute Gasteiger partial charge is 0.258 e. The molecule has 6 heteroatoms. The van der Waals surface area contributed by atoms with E-state index in [0.717, 1.165) is 16.8 Å². The number of hydrogen-bond acceptors (Lipinski definition) is 3. The van der Waals surface area contributed by atoms with E-state index in [4.69, 9.17) is 11.6 Å². The van der Waals surface area contributed by atoms with Crippen LogP contribution in [0.5, 0.6) is 0 Å². The summed E-state index contributed by atoms with van der Waals surface area (Å²) in [6, 6.07) is 5.85. The molecule has 0 aliphatic heterocycles. The third kappa shape index (κ3) is 2.41. The van der Waals surface area contributed by atoms with Crippen LogP contribution in [0.4, 0.5) is 5.69 Å². The number of aromatic nitrogens is 2. The van der Waals surface area contributed by atoms with Gasteiger partial charge in [0.1, 0.15) is 5.69 Å². The zero-order valence-corrected chi connectivity index (χ0v) is 12.6. The number of rotatable bonds is 3. The van der Waals surface area contributed by atoms with Crippen LogP contribution in [0, 0.1) is 24.0 Å². The highest BCUT2D eigenvalue weighted by Gasteiger charge is 2.29. The highest BCUT2D eigenvalue weighted by Crippen LogP contribution is 2.35. The fourth-order valence-electron chi connectivity index (χ4n) is 2.07. The molecule has 1 aromatic carbocycles. The van der Waals surface area contributed by atoms with Crippen molar-refractivity contribution in [2.75, 3.05) is 0 Å². The zero-order chi connectivity index (χ0) is 15.0. The molecule has 0 saturated heterocycles. The van der Waals surface area contributed by atoms with E-state index in [2.05, 4.69) is 5.10 Å². The molecule has 1 heterocycles. The van der Waals surface area contributed by atoms with Crippen LogP contribution in [0.15, 0.2) is 18.2 Å². The lowest BCUT2D eigenvalue weighted by atomic mass is 10.1.